The fraction of sp³-hybridized carbons (Fsp3) is 0.409. The summed E-state index contributed by atoms with van der Waals surface area (Å²) in [4.78, 5) is 25.9. The van der Waals surface area contributed by atoms with Crippen LogP contribution in [0.15, 0.2) is 30.6 Å². The third-order valence-corrected chi connectivity index (χ3v) is 5.98. The zero-order chi connectivity index (χ0) is 23.0. The van der Waals surface area contributed by atoms with Gasteiger partial charge in [-0.3, -0.25) is 9.69 Å². The van der Waals surface area contributed by atoms with Crippen molar-refractivity contribution in [1.29, 1.82) is 0 Å². The molecule has 1 saturated heterocycles. The topological polar surface area (TPSA) is 95.2 Å². The maximum absolute atomic E-state index is 13.8. The Bertz CT molecular complexity index is 1180. The van der Waals surface area contributed by atoms with Crippen LogP contribution in [-0.2, 0) is 10.9 Å². The molecule has 3 aliphatic heterocycles. The van der Waals surface area contributed by atoms with Crippen molar-refractivity contribution >= 4 is 22.8 Å². The van der Waals surface area contributed by atoms with E-state index >= 15 is 0 Å². The molecule has 2 atom stereocenters. The highest BCUT2D eigenvalue weighted by molar-refractivity contribution is 6.01. The number of carbonyl (C=O) groups is 1. The maximum Gasteiger partial charge on any atom is 0.419 e. The lowest BCUT2D eigenvalue weighted by molar-refractivity contribution is -0.137. The molecule has 3 aromatic rings. The largest absolute Gasteiger partial charge is 0.419 e. The SMILES string of the molecule is O=C1NCCOCCN2CC[C@@H](C2)Nc2ncc(C(F)(F)F)c(n2)-c2c[nH]c3cc1ccc23. The second-order valence-electron chi connectivity index (χ2n) is 8.22. The quantitative estimate of drug-likeness (QED) is 0.478. The van der Waals surface area contributed by atoms with E-state index in [0.717, 1.165) is 32.3 Å². The van der Waals surface area contributed by atoms with Crippen molar-refractivity contribution in [1.82, 2.24) is 25.2 Å². The van der Waals surface area contributed by atoms with Crippen LogP contribution in [0.2, 0.25) is 0 Å². The summed E-state index contributed by atoms with van der Waals surface area (Å²) < 4.78 is 47.0. The minimum absolute atomic E-state index is 0.0292. The molecule has 2 aromatic heterocycles. The average Bonchev–Trinajstić information content (AvgIpc) is 3.40. The summed E-state index contributed by atoms with van der Waals surface area (Å²) in [7, 11) is 0. The van der Waals surface area contributed by atoms with E-state index in [2.05, 4.69) is 30.5 Å². The minimum Gasteiger partial charge on any atom is -0.378 e. The molecule has 33 heavy (non-hydrogen) atoms. The van der Waals surface area contributed by atoms with E-state index in [-0.39, 0.29) is 23.6 Å². The summed E-state index contributed by atoms with van der Waals surface area (Å²) in [5, 5.41) is 6.53. The number of fused-ring (bicyclic) bond motifs is 7. The molecular weight excluding hydrogens is 437 g/mol. The lowest BCUT2D eigenvalue weighted by Gasteiger charge is -2.18. The molecule has 3 N–H and O–H groups in total. The first-order valence-corrected chi connectivity index (χ1v) is 10.8. The molecule has 3 aliphatic rings. The van der Waals surface area contributed by atoms with Gasteiger partial charge < -0.3 is 20.4 Å². The molecule has 1 aromatic carbocycles. The van der Waals surface area contributed by atoms with Gasteiger partial charge in [0.15, 0.2) is 0 Å². The van der Waals surface area contributed by atoms with Gasteiger partial charge in [-0.2, -0.15) is 13.2 Å². The van der Waals surface area contributed by atoms with Crippen molar-refractivity contribution < 1.29 is 22.7 Å². The number of anilines is 1. The summed E-state index contributed by atoms with van der Waals surface area (Å²) in [5.41, 5.74) is 0.128. The molecule has 174 valence electrons. The number of halogens is 3. The Labute approximate surface area is 187 Å². The molecule has 1 fully saturated rings. The highest BCUT2D eigenvalue weighted by Gasteiger charge is 2.36. The van der Waals surface area contributed by atoms with Crippen LogP contribution in [-0.4, -0.2) is 71.2 Å². The molecule has 0 radical (unpaired) electrons. The average molecular weight is 460 g/mol. The summed E-state index contributed by atoms with van der Waals surface area (Å²) in [6, 6.07) is 4.86. The highest BCUT2D eigenvalue weighted by Crippen LogP contribution is 2.38. The number of hydrogen-bond donors (Lipinski definition) is 3. The third kappa shape index (κ3) is 4.51. The van der Waals surface area contributed by atoms with E-state index in [9.17, 15) is 18.0 Å². The van der Waals surface area contributed by atoms with Crippen LogP contribution in [0, 0.1) is 0 Å². The first-order valence-electron chi connectivity index (χ1n) is 10.8. The summed E-state index contributed by atoms with van der Waals surface area (Å²) >= 11 is 0. The molecule has 8 bridgehead atoms. The van der Waals surface area contributed by atoms with E-state index in [1.54, 1.807) is 18.2 Å². The van der Waals surface area contributed by atoms with E-state index < -0.39 is 11.7 Å². The van der Waals surface area contributed by atoms with E-state index in [4.69, 9.17) is 4.74 Å². The number of aromatic amines is 1. The number of carbonyl (C=O) groups excluding carboxylic acids is 1. The second kappa shape index (κ2) is 8.64. The molecule has 1 unspecified atom stereocenters. The van der Waals surface area contributed by atoms with Gasteiger partial charge in [0.25, 0.3) is 5.91 Å². The van der Waals surface area contributed by atoms with Gasteiger partial charge in [-0.05, 0) is 18.6 Å². The number of rotatable bonds is 0. The molecule has 0 spiro atoms. The predicted molar refractivity (Wildman–Crippen MR) is 116 cm³/mol. The van der Waals surface area contributed by atoms with Crippen molar-refractivity contribution in [2.45, 2.75) is 18.6 Å². The first kappa shape index (κ1) is 21.7. The Morgan fingerprint density at radius 2 is 2.06 bits per heavy atom. The van der Waals surface area contributed by atoms with Crippen molar-refractivity contribution in [2.75, 3.05) is 44.7 Å². The summed E-state index contributed by atoms with van der Waals surface area (Å²) in [6.45, 7) is 3.59. The third-order valence-electron chi connectivity index (χ3n) is 5.98. The fourth-order valence-electron chi connectivity index (χ4n) is 4.30. The van der Waals surface area contributed by atoms with Crippen molar-refractivity contribution in [3.8, 4) is 11.3 Å². The van der Waals surface area contributed by atoms with Gasteiger partial charge in [0.05, 0.1) is 18.9 Å². The summed E-state index contributed by atoms with van der Waals surface area (Å²) in [5.74, 6) is -0.120. The maximum atomic E-state index is 13.8. The fourth-order valence-corrected chi connectivity index (χ4v) is 4.30. The Kier molecular flexibility index (Phi) is 5.67. The second-order valence-corrected chi connectivity index (χ2v) is 8.22. The number of ether oxygens (including phenoxy) is 1. The Balaban J connectivity index is 1.58. The molecule has 11 heteroatoms. The summed E-state index contributed by atoms with van der Waals surface area (Å²) in [6.07, 6.45) is -1.48. The minimum atomic E-state index is -4.61. The van der Waals surface area contributed by atoms with Crippen LogP contribution in [0.5, 0.6) is 0 Å². The molecule has 0 aliphatic carbocycles. The van der Waals surface area contributed by atoms with Gasteiger partial charge in [0.2, 0.25) is 5.95 Å². The van der Waals surface area contributed by atoms with Gasteiger partial charge in [0, 0.05) is 66.6 Å². The number of hydrogen-bond acceptors (Lipinski definition) is 6. The van der Waals surface area contributed by atoms with E-state index in [1.807, 2.05) is 0 Å². The number of benzene rings is 1. The van der Waals surface area contributed by atoms with E-state index in [1.165, 1.54) is 6.20 Å². The number of alkyl halides is 3. The number of aromatic nitrogens is 3. The van der Waals surface area contributed by atoms with Crippen molar-refractivity contribution in [3.63, 3.8) is 0 Å². The number of nitrogens with one attached hydrogen (secondary N) is 3. The normalized spacial score (nSPS) is 22.0. The van der Waals surface area contributed by atoms with Crippen molar-refractivity contribution in [2.24, 2.45) is 0 Å². The van der Waals surface area contributed by atoms with Crippen LogP contribution < -0.4 is 10.6 Å². The number of H-pyrrole nitrogens is 1. The van der Waals surface area contributed by atoms with Gasteiger partial charge >= 0.3 is 6.18 Å². The molecular formula is C22H23F3N6O2. The van der Waals surface area contributed by atoms with E-state index in [0.29, 0.717) is 41.8 Å². The Morgan fingerprint density at radius 3 is 2.91 bits per heavy atom. The predicted octanol–water partition coefficient (Wildman–Crippen LogP) is 2.89. The molecule has 0 saturated carbocycles. The Hall–Kier alpha value is -3.18. The van der Waals surface area contributed by atoms with Crippen LogP contribution in [0.3, 0.4) is 0 Å². The smallest absolute Gasteiger partial charge is 0.378 e. The molecule has 5 heterocycles. The zero-order valence-corrected chi connectivity index (χ0v) is 17.7. The van der Waals surface area contributed by atoms with Crippen LogP contribution in [0.4, 0.5) is 19.1 Å². The van der Waals surface area contributed by atoms with Crippen molar-refractivity contribution in [3.05, 3.63) is 41.7 Å². The highest BCUT2D eigenvalue weighted by atomic mass is 19.4. The first-order chi connectivity index (χ1) is 15.9. The zero-order valence-electron chi connectivity index (χ0n) is 17.7. The van der Waals surface area contributed by atoms with Crippen LogP contribution >= 0.6 is 0 Å². The molecule has 6 rings (SSSR count). The monoisotopic (exact) mass is 460 g/mol. The number of amides is 1. The lowest BCUT2D eigenvalue weighted by Crippen LogP contribution is -2.31. The standard InChI is InChI=1S/C22H23F3N6O2/c23-22(24,25)17-11-28-21-29-14-3-5-31(12-14)6-8-33-7-4-26-20(32)13-1-2-15-16(19(17)30-21)10-27-18(15)9-13/h1-2,9-11,14,27H,3-8,12H2,(H,26,32)(H,28,29,30)/t14-/m0/s1. The lowest BCUT2D eigenvalue weighted by atomic mass is 10.0. The molecule has 8 nitrogen and oxygen atoms in total. The Morgan fingerprint density at radius 1 is 1.18 bits per heavy atom. The van der Waals surface area contributed by atoms with Gasteiger partial charge in [-0.25, -0.2) is 9.97 Å². The van der Waals surface area contributed by atoms with Gasteiger partial charge in [-0.15, -0.1) is 0 Å². The molecule has 1 amide bonds. The van der Waals surface area contributed by atoms with Gasteiger partial charge in [-0.1, -0.05) is 6.07 Å². The number of nitrogens with zero attached hydrogens (tertiary/aromatic N) is 3. The van der Waals surface area contributed by atoms with Gasteiger partial charge in [0.1, 0.15) is 5.56 Å². The van der Waals surface area contributed by atoms with Crippen LogP contribution in [0.1, 0.15) is 22.3 Å². The van der Waals surface area contributed by atoms with Crippen LogP contribution in [0.25, 0.3) is 22.2 Å².